The van der Waals surface area contributed by atoms with Crippen LogP contribution in [0.4, 0.5) is 0 Å². The van der Waals surface area contributed by atoms with Crippen molar-refractivity contribution < 1.29 is 4.79 Å². The molecule has 1 fully saturated rings. The number of carbonyl (C=O) groups excluding carboxylic acids is 1. The molecule has 1 saturated heterocycles. The fourth-order valence-corrected chi connectivity index (χ4v) is 3.87. The van der Waals surface area contributed by atoms with Crippen LogP contribution in [0, 0.1) is 20.8 Å². The molecule has 1 amide bonds. The van der Waals surface area contributed by atoms with Crippen molar-refractivity contribution in [3.8, 4) is 0 Å². The van der Waals surface area contributed by atoms with Crippen LogP contribution in [0.5, 0.6) is 0 Å². The van der Waals surface area contributed by atoms with Crippen molar-refractivity contribution in [1.82, 2.24) is 19.7 Å². The van der Waals surface area contributed by atoms with Gasteiger partial charge in [-0.2, -0.15) is 5.10 Å². The van der Waals surface area contributed by atoms with E-state index in [-0.39, 0.29) is 11.9 Å². The van der Waals surface area contributed by atoms with Gasteiger partial charge in [-0.1, -0.05) is 6.92 Å². The van der Waals surface area contributed by atoms with Crippen molar-refractivity contribution in [3.63, 3.8) is 0 Å². The standard InChI is InChI=1S/C15H20N4OS/c1-5-13-9(2)6-14(21-13)15(20)18-7-12(8-18)19-11(4)16-10(3)17-19/h6,12H,5,7-8H2,1-4H3. The average molecular weight is 304 g/mol. The van der Waals surface area contributed by atoms with Gasteiger partial charge in [0.15, 0.2) is 0 Å². The number of hydrogen-bond acceptors (Lipinski definition) is 4. The summed E-state index contributed by atoms with van der Waals surface area (Å²) in [5.74, 6) is 1.86. The lowest BCUT2D eigenvalue weighted by atomic mass is 10.1. The van der Waals surface area contributed by atoms with Gasteiger partial charge in [0, 0.05) is 18.0 Å². The van der Waals surface area contributed by atoms with Gasteiger partial charge >= 0.3 is 0 Å². The Morgan fingerprint density at radius 3 is 2.62 bits per heavy atom. The van der Waals surface area contributed by atoms with E-state index in [2.05, 4.69) is 23.9 Å². The van der Waals surface area contributed by atoms with Crippen molar-refractivity contribution in [2.45, 2.75) is 40.2 Å². The Morgan fingerprint density at radius 1 is 1.38 bits per heavy atom. The van der Waals surface area contributed by atoms with Gasteiger partial charge in [0.1, 0.15) is 11.6 Å². The van der Waals surface area contributed by atoms with E-state index in [0.29, 0.717) is 0 Å². The van der Waals surface area contributed by atoms with Gasteiger partial charge in [0.05, 0.1) is 10.9 Å². The summed E-state index contributed by atoms with van der Waals surface area (Å²) in [5.41, 5.74) is 1.23. The number of aryl methyl sites for hydroxylation is 4. The highest BCUT2D eigenvalue weighted by Crippen LogP contribution is 2.28. The first kappa shape index (κ1) is 14.3. The van der Waals surface area contributed by atoms with Gasteiger partial charge in [-0.25, -0.2) is 9.67 Å². The second-order valence-corrected chi connectivity index (χ2v) is 6.72. The topological polar surface area (TPSA) is 51.0 Å². The number of rotatable bonds is 3. The van der Waals surface area contributed by atoms with Crippen LogP contribution in [0.2, 0.25) is 0 Å². The van der Waals surface area contributed by atoms with Crippen LogP contribution in [-0.4, -0.2) is 38.7 Å². The second kappa shape index (κ2) is 5.26. The summed E-state index contributed by atoms with van der Waals surface area (Å²) in [6.07, 6.45) is 0.990. The number of aromatic nitrogens is 3. The molecule has 3 rings (SSSR count). The molecule has 0 aliphatic carbocycles. The fraction of sp³-hybridized carbons (Fsp3) is 0.533. The van der Waals surface area contributed by atoms with Gasteiger partial charge in [0.2, 0.25) is 0 Å². The number of nitrogens with zero attached hydrogens (tertiary/aromatic N) is 4. The molecular weight excluding hydrogens is 284 g/mol. The monoisotopic (exact) mass is 304 g/mol. The molecule has 0 aromatic carbocycles. The molecule has 3 heterocycles. The molecule has 0 spiro atoms. The predicted octanol–water partition coefficient (Wildman–Crippen LogP) is 2.52. The zero-order valence-corrected chi connectivity index (χ0v) is 13.7. The Bertz CT molecular complexity index is 682. The zero-order chi connectivity index (χ0) is 15.1. The highest BCUT2D eigenvalue weighted by atomic mass is 32.1. The number of hydrogen-bond donors (Lipinski definition) is 0. The molecule has 21 heavy (non-hydrogen) atoms. The van der Waals surface area contributed by atoms with Crippen LogP contribution in [0.25, 0.3) is 0 Å². The summed E-state index contributed by atoms with van der Waals surface area (Å²) in [4.78, 5) is 20.8. The number of amides is 1. The smallest absolute Gasteiger partial charge is 0.264 e. The van der Waals surface area contributed by atoms with Crippen LogP contribution >= 0.6 is 11.3 Å². The Kier molecular flexibility index (Phi) is 3.57. The molecule has 0 bridgehead atoms. The minimum atomic E-state index is 0.147. The van der Waals surface area contributed by atoms with E-state index < -0.39 is 0 Å². The molecule has 0 atom stereocenters. The zero-order valence-electron chi connectivity index (χ0n) is 12.9. The normalized spacial score (nSPS) is 15.3. The quantitative estimate of drug-likeness (QED) is 0.875. The van der Waals surface area contributed by atoms with E-state index in [0.717, 1.165) is 36.0 Å². The van der Waals surface area contributed by atoms with Gasteiger partial charge < -0.3 is 4.90 Å². The van der Waals surface area contributed by atoms with Crippen molar-refractivity contribution in [1.29, 1.82) is 0 Å². The van der Waals surface area contributed by atoms with E-state index in [9.17, 15) is 4.79 Å². The first-order valence-corrected chi connectivity index (χ1v) is 8.09. The molecule has 1 aliphatic rings. The molecule has 0 N–H and O–H groups in total. The Morgan fingerprint density at radius 2 is 2.10 bits per heavy atom. The summed E-state index contributed by atoms with van der Waals surface area (Å²) >= 11 is 1.62. The maximum Gasteiger partial charge on any atom is 0.264 e. The molecule has 0 radical (unpaired) electrons. The van der Waals surface area contributed by atoms with E-state index in [1.807, 2.05) is 29.5 Å². The molecular formula is C15H20N4OS. The lowest BCUT2D eigenvalue weighted by molar-refractivity contribution is 0.0502. The van der Waals surface area contributed by atoms with Crippen molar-refractivity contribution >= 4 is 17.2 Å². The molecule has 2 aromatic heterocycles. The Balaban J connectivity index is 1.68. The molecule has 5 nitrogen and oxygen atoms in total. The molecule has 0 unspecified atom stereocenters. The number of thiophene rings is 1. The van der Waals surface area contributed by atoms with Crippen LogP contribution in [0.3, 0.4) is 0 Å². The van der Waals surface area contributed by atoms with E-state index in [1.165, 1.54) is 10.4 Å². The predicted molar refractivity (Wildman–Crippen MR) is 82.9 cm³/mol. The largest absolute Gasteiger partial charge is 0.334 e. The summed E-state index contributed by atoms with van der Waals surface area (Å²) in [6, 6.07) is 2.28. The SMILES string of the molecule is CCc1sc(C(=O)N2CC(n3nc(C)nc3C)C2)cc1C. The molecule has 112 valence electrons. The van der Waals surface area contributed by atoms with Crippen LogP contribution < -0.4 is 0 Å². The van der Waals surface area contributed by atoms with Crippen LogP contribution in [0.15, 0.2) is 6.07 Å². The van der Waals surface area contributed by atoms with Gasteiger partial charge in [0.25, 0.3) is 5.91 Å². The van der Waals surface area contributed by atoms with Crippen LogP contribution in [-0.2, 0) is 6.42 Å². The van der Waals surface area contributed by atoms with Crippen molar-refractivity contribution in [2.75, 3.05) is 13.1 Å². The highest BCUT2D eigenvalue weighted by Gasteiger charge is 2.34. The average Bonchev–Trinajstić information content (AvgIpc) is 2.91. The highest BCUT2D eigenvalue weighted by molar-refractivity contribution is 7.14. The van der Waals surface area contributed by atoms with E-state index >= 15 is 0 Å². The Hall–Kier alpha value is -1.69. The fourth-order valence-electron chi connectivity index (χ4n) is 2.79. The minimum absolute atomic E-state index is 0.147. The molecule has 1 aliphatic heterocycles. The number of likely N-dealkylation sites (tertiary alicyclic amines) is 1. The third-order valence-electron chi connectivity index (χ3n) is 3.96. The third-order valence-corrected chi connectivity index (χ3v) is 5.32. The van der Waals surface area contributed by atoms with Gasteiger partial charge in [-0.15, -0.1) is 11.3 Å². The van der Waals surface area contributed by atoms with E-state index in [1.54, 1.807) is 11.3 Å². The lowest BCUT2D eigenvalue weighted by Crippen LogP contribution is -2.51. The molecule has 6 heteroatoms. The maximum atomic E-state index is 12.5. The van der Waals surface area contributed by atoms with Crippen molar-refractivity contribution in [2.24, 2.45) is 0 Å². The minimum Gasteiger partial charge on any atom is -0.334 e. The second-order valence-electron chi connectivity index (χ2n) is 5.59. The summed E-state index contributed by atoms with van der Waals surface area (Å²) in [5, 5.41) is 4.40. The molecule has 0 saturated carbocycles. The first-order chi connectivity index (χ1) is 9.99. The summed E-state index contributed by atoms with van der Waals surface area (Å²) < 4.78 is 1.94. The van der Waals surface area contributed by atoms with Gasteiger partial charge in [-0.3, -0.25) is 4.79 Å². The lowest BCUT2D eigenvalue weighted by Gasteiger charge is -2.39. The van der Waals surface area contributed by atoms with Crippen molar-refractivity contribution in [3.05, 3.63) is 33.0 Å². The number of carbonyl (C=O) groups is 1. The summed E-state index contributed by atoms with van der Waals surface area (Å²) in [7, 11) is 0. The van der Waals surface area contributed by atoms with E-state index in [4.69, 9.17) is 0 Å². The first-order valence-electron chi connectivity index (χ1n) is 7.28. The maximum absolute atomic E-state index is 12.5. The Labute approximate surface area is 128 Å². The molecule has 2 aromatic rings. The summed E-state index contributed by atoms with van der Waals surface area (Å²) in [6.45, 7) is 9.50. The third kappa shape index (κ3) is 2.48. The van der Waals surface area contributed by atoms with Gasteiger partial charge in [-0.05, 0) is 38.8 Å². The van der Waals surface area contributed by atoms with Crippen LogP contribution in [0.1, 0.15) is 44.7 Å².